The van der Waals surface area contributed by atoms with Crippen LogP contribution in [0.1, 0.15) is 25.5 Å². The second-order valence-corrected chi connectivity index (χ2v) is 5.98. The largest absolute Gasteiger partial charge is 0.271 e. The van der Waals surface area contributed by atoms with Gasteiger partial charge in [0.1, 0.15) is 0 Å². The van der Waals surface area contributed by atoms with Crippen LogP contribution in [0.5, 0.6) is 0 Å². The third kappa shape index (κ3) is 2.49. The van der Waals surface area contributed by atoms with Crippen molar-refractivity contribution in [1.29, 1.82) is 0 Å². The van der Waals surface area contributed by atoms with Crippen LogP contribution in [-0.4, -0.2) is 19.7 Å². The minimum Gasteiger partial charge on any atom is -0.271 e. The van der Waals surface area contributed by atoms with Crippen LogP contribution < -0.4 is 0 Å². The van der Waals surface area contributed by atoms with Crippen LogP contribution in [0.2, 0.25) is 10.3 Å². The predicted octanol–water partition coefficient (Wildman–Crippen LogP) is 4.46. The van der Waals surface area contributed by atoms with E-state index in [1.54, 1.807) is 0 Å². The maximum Gasteiger partial charge on any atom is 0.222 e. The number of fused-ring (bicyclic) bond motifs is 1. The van der Waals surface area contributed by atoms with Crippen molar-refractivity contribution >= 4 is 34.1 Å². The molecule has 0 N–H and O–H groups in total. The third-order valence-electron chi connectivity index (χ3n) is 3.41. The molecule has 0 radical (unpaired) electrons. The van der Waals surface area contributed by atoms with Gasteiger partial charge in [-0.05, 0) is 29.7 Å². The highest BCUT2D eigenvalue weighted by Crippen LogP contribution is 2.31. The molecule has 0 bridgehead atoms. The predicted molar refractivity (Wildman–Crippen MR) is 85.8 cm³/mol. The molecule has 4 nitrogen and oxygen atoms in total. The average molecular weight is 321 g/mol. The van der Waals surface area contributed by atoms with E-state index in [2.05, 4.69) is 35.0 Å². The van der Waals surface area contributed by atoms with Gasteiger partial charge >= 0.3 is 0 Å². The molecule has 0 unspecified atom stereocenters. The molecule has 0 amide bonds. The first-order chi connectivity index (χ1) is 9.97. The number of rotatable bonds is 2. The van der Waals surface area contributed by atoms with Gasteiger partial charge in [0.15, 0.2) is 0 Å². The summed E-state index contributed by atoms with van der Waals surface area (Å²) >= 11 is 12.1. The van der Waals surface area contributed by atoms with Crippen LogP contribution in [0.3, 0.4) is 0 Å². The van der Waals surface area contributed by atoms with Crippen molar-refractivity contribution in [2.75, 3.05) is 0 Å². The number of aryl methyl sites for hydroxylation is 1. The van der Waals surface area contributed by atoms with E-state index >= 15 is 0 Å². The summed E-state index contributed by atoms with van der Waals surface area (Å²) in [6, 6.07) is 5.98. The number of benzene rings is 1. The van der Waals surface area contributed by atoms with Gasteiger partial charge in [-0.1, -0.05) is 31.5 Å². The van der Waals surface area contributed by atoms with Crippen LogP contribution in [0, 0.1) is 0 Å². The topological polar surface area (TPSA) is 43.6 Å². The van der Waals surface area contributed by atoms with Gasteiger partial charge < -0.3 is 0 Å². The highest BCUT2D eigenvalue weighted by Gasteiger charge is 2.15. The van der Waals surface area contributed by atoms with E-state index in [9.17, 15) is 0 Å². The Morgan fingerprint density at radius 3 is 2.67 bits per heavy atom. The normalized spacial score (nSPS) is 11.5. The molecule has 108 valence electrons. The lowest BCUT2D eigenvalue weighted by atomic mass is 10.0. The first-order valence-corrected chi connectivity index (χ1v) is 7.38. The summed E-state index contributed by atoms with van der Waals surface area (Å²) in [5.41, 5.74) is 3.69. The highest BCUT2D eigenvalue weighted by atomic mass is 35.5. The summed E-state index contributed by atoms with van der Waals surface area (Å²) in [6.45, 7) is 4.30. The molecular weight excluding hydrogens is 307 g/mol. The maximum absolute atomic E-state index is 6.18. The molecule has 0 saturated heterocycles. The van der Waals surface area contributed by atoms with E-state index in [0.717, 1.165) is 16.5 Å². The van der Waals surface area contributed by atoms with Crippen molar-refractivity contribution in [2.45, 2.75) is 19.8 Å². The second kappa shape index (κ2) is 5.28. The van der Waals surface area contributed by atoms with Crippen LogP contribution in [0.4, 0.5) is 0 Å². The van der Waals surface area contributed by atoms with Crippen LogP contribution >= 0.6 is 23.2 Å². The summed E-state index contributed by atoms with van der Waals surface area (Å²) in [5, 5.41) is 6.31. The standard InChI is InChI=1S/C15H14Cl2N4/c1-8(2)14-10-6-9(4-5-12(10)20-21(14)3)13-11(16)7-18-15(17)19-13/h4-8H,1-3H3. The molecule has 6 heteroatoms. The zero-order chi connectivity index (χ0) is 15.1. The zero-order valence-electron chi connectivity index (χ0n) is 11.9. The van der Waals surface area contributed by atoms with Gasteiger partial charge in [-0.15, -0.1) is 0 Å². The van der Waals surface area contributed by atoms with Crippen molar-refractivity contribution in [3.63, 3.8) is 0 Å². The molecule has 3 rings (SSSR count). The molecule has 0 aliphatic carbocycles. The molecule has 0 aliphatic rings. The van der Waals surface area contributed by atoms with Gasteiger partial charge in [0.25, 0.3) is 0 Å². The van der Waals surface area contributed by atoms with Gasteiger partial charge in [-0.2, -0.15) is 5.10 Å². The summed E-state index contributed by atoms with van der Waals surface area (Å²) < 4.78 is 1.92. The van der Waals surface area contributed by atoms with E-state index in [1.807, 2.05) is 23.9 Å². The minimum atomic E-state index is 0.185. The van der Waals surface area contributed by atoms with E-state index in [4.69, 9.17) is 23.2 Å². The Kier molecular flexibility index (Phi) is 3.59. The molecule has 3 aromatic rings. The van der Waals surface area contributed by atoms with Crippen molar-refractivity contribution < 1.29 is 0 Å². The molecule has 1 aromatic carbocycles. The van der Waals surface area contributed by atoms with E-state index in [1.165, 1.54) is 11.9 Å². The van der Waals surface area contributed by atoms with Crippen LogP contribution in [0.15, 0.2) is 24.4 Å². The lowest BCUT2D eigenvalue weighted by Gasteiger charge is -2.07. The Balaban J connectivity index is 2.25. The minimum absolute atomic E-state index is 0.185. The lowest BCUT2D eigenvalue weighted by molar-refractivity contribution is 0.677. The number of hydrogen-bond donors (Lipinski definition) is 0. The Bertz CT molecular complexity index is 824. The summed E-state index contributed by atoms with van der Waals surface area (Å²) in [6.07, 6.45) is 1.52. The van der Waals surface area contributed by atoms with E-state index in [-0.39, 0.29) is 5.28 Å². The highest BCUT2D eigenvalue weighted by molar-refractivity contribution is 6.33. The Morgan fingerprint density at radius 1 is 1.19 bits per heavy atom. The molecule has 0 spiro atoms. The molecule has 2 heterocycles. The van der Waals surface area contributed by atoms with E-state index in [0.29, 0.717) is 16.6 Å². The summed E-state index contributed by atoms with van der Waals surface area (Å²) in [7, 11) is 1.96. The van der Waals surface area contributed by atoms with Crippen molar-refractivity contribution in [3.8, 4) is 11.3 Å². The van der Waals surface area contributed by atoms with Crippen molar-refractivity contribution in [2.24, 2.45) is 7.05 Å². The Hall–Kier alpha value is -1.65. The van der Waals surface area contributed by atoms with Crippen LogP contribution in [-0.2, 0) is 7.05 Å². The molecule has 0 fully saturated rings. The fourth-order valence-corrected chi connectivity index (χ4v) is 2.93. The summed E-state index contributed by atoms with van der Waals surface area (Å²) in [4.78, 5) is 8.11. The van der Waals surface area contributed by atoms with Gasteiger partial charge in [0.05, 0.1) is 22.4 Å². The molecule has 0 atom stereocenters. The second-order valence-electron chi connectivity index (χ2n) is 5.23. The summed E-state index contributed by atoms with van der Waals surface area (Å²) in [5.74, 6) is 0.375. The molecule has 0 saturated carbocycles. The van der Waals surface area contributed by atoms with Gasteiger partial charge in [-0.3, -0.25) is 4.68 Å². The smallest absolute Gasteiger partial charge is 0.222 e. The van der Waals surface area contributed by atoms with Crippen molar-refractivity contribution in [3.05, 3.63) is 40.4 Å². The van der Waals surface area contributed by atoms with Gasteiger partial charge in [-0.25, -0.2) is 9.97 Å². The van der Waals surface area contributed by atoms with Gasteiger partial charge in [0.2, 0.25) is 5.28 Å². The van der Waals surface area contributed by atoms with Crippen LogP contribution in [0.25, 0.3) is 22.2 Å². The average Bonchev–Trinajstić information content (AvgIpc) is 2.76. The van der Waals surface area contributed by atoms with E-state index < -0.39 is 0 Å². The Morgan fingerprint density at radius 2 is 1.95 bits per heavy atom. The number of aromatic nitrogens is 4. The zero-order valence-corrected chi connectivity index (χ0v) is 13.4. The number of hydrogen-bond acceptors (Lipinski definition) is 3. The number of nitrogens with zero attached hydrogens (tertiary/aromatic N) is 4. The monoisotopic (exact) mass is 320 g/mol. The quantitative estimate of drug-likeness (QED) is 0.655. The maximum atomic E-state index is 6.18. The molecule has 21 heavy (non-hydrogen) atoms. The third-order valence-corrected chi connectivity index (χ3v) is 3.87. The fourth-order valence-electron chi connectivity index (χ4n) is 2.60. The first-order valence-electron chi connectivity index (χ1n) is 6.62. The van der Waals surface area contributed by atoms with Gasteiger partial charge in [0, 0.05) is 23.7 Å². The Labute approximate surface area is 132 Å². The lowest BCUT2D eigenvalue weighted by Crippen LogP contribution is -1.99. The molecule has 0 aliphatic heterocycles. The first kappa shape index (κ1) is 14.3. The SMILES string of the molecule is CC(C)c1c2cc(-c3nc(Cl)ncc3Cl)ccc2nn1C. The van der Waals surface area contributed by atoms with Crippen molar-refractivity contribution in [1.82, 2.24) is 19.7 Å². The molecular formula is C15H14Cl2N4. The molecule has 2 aromatic heterocycles. The number of halogens is 2. The fraction of sp³-hybridized carbons (Fsp3) is 0.267.